The maximum Gasteiger partial charge on any atom is 0.220 e. The lowest BCUT2D eigenvalue weighted by Crippen LogP contribution is -2.24. The molecule has 2 N–H and O–H groups in total. The Balaban J connectivity index is 3.08. The Labute approximate surface area is 77.9 Å². The van der Waals surface area contributed by atoms with Gasteiger partial charge in [-0.15, -0.1) is 0 Å². The number of nitrogens with one attached hydrogen (secondary N) is 1. The predicted octanol–water partition coefficient (Wildman–Crippen LogP) is 0.628. The van der Waals surface area contributed by atoms with Crippen molar-refractivity contribution in [3.05, 3.63) is 0 Å². The van der Waals surface area contributed by atoms with Crippen molar-refractivity contribution < 1.29 is 9.90 Å². The first-order chi connectivity index (χ1) is 5.81. The molecule has 0 aromatic heterocycles. The average molecular weight is 191 g/mol. The Bertz CT molecular complexity index is 120. The van der Waals surface area contributed by atoms with E-state index in [4.69, 9.17) is 5.11 Å². The van der Waals surface area contributed by atoms with Gasteiger partial charge in [0, 0.05) is 19.6 Å². The van der Waals surface area contributed by atoms with Crippen molar-refractivity contribution in [1.82, 2.24) is 5.32 Å². The van der Waals surface area contributed by atoms with Crippen molar-refractivity contribution in [3.63, 3.8) is 0 Å². The van der Waals surface area contributed by atoms with Crippen LogP contribution in [0.25, 0.3) is 0 Å². The van der Waals surface area contributed by atoms with Crippen LogP contribution in [0.4, 0.5) is 0 Å². The maximum absolute atomic E-state index is 10.9. The van der Waals surface area contributed by atoms with Crippen LogP contribution < -0.4 is 5.32 Å². The van der Waals surface area contributed by atoms with Gasteiger partial charge in [-0.2, -0.15) is 11.8 Å². The molecule has 0 spiro atoms. The van der Waals surface area contributed by atoms with E-state index in [0.29, 0.717) is 12.8 Å². The van der Waals surface area contributed by atoms with E-state index in [1.165, 1.54) is 0 Å². The van der Waals surface area contributed by atoms with Gasteiger partial charge in [0.2, 0.25) is 5.91 Å². The first-order valence-electron chi connectivity index (χ1n) is 4.17. The summed E-state index contributed by atoms with van der Waals surface area (Å²) in [5.74, 6) is 1.13. The van der Waals surface area contributed by atoms with Crippen molar-refractivity contribution in [2.24, 2.45) is 0 Å². The Hall–Kier alpha value is -0.220. The third-order valence-electron chi connectivity index (χ3n) is 1.41. The second-order valence-electron chi connectivity index (χ2n) is 2.52. The molecule has 0 heterocycles. The number of aliphatic hydroxyl groups excluding tert-OH is 1. The largest absolute Gasteiger partial charge is 0.396 e. The minimum Gasteiger partial charge on any atom is -0.396 e. The number of carbonyl (C=O) groups excluding carboxylic acids is 1. The summed E-state index contributed by atoms with van der Waals surface area (Å²) in [5, 5.41) is 11.2. The van der Waals surface area contributed by atoms with Crippen molar-refractivity contribution >= 4 is 17.7 Å². The quantitative estimate of drug-likeness (QED) is 0.580. The van der Waals surface area contributed by atoms with E-state index in [1.807, 2.05) is 6.26 Å². The standard InChI is InChI=1S/C8H17NO2S/c1-12-7-3-5-9-8(11)4-2-6-10/h10H,2-7H2,1H3,(H,9,11). The number of rotatable bonds is 7. The zero-order chi connectivity index (χ0) is 9.23. The summed E-state index contributed by atoms with van der Waals surface area (Å²) in [6.07, 6.45) is 4.07. The van der Waals surface area contributed by atoms with Gasteiger partial charge in [-0.3, -0.25) is 4.79 Å². The van der Waals surface area contributed by atoms with Crippen LogP contribution >= 0.6 is 11.8 Å². The molecular formula is C8H17NO2S. The normalized spacial score (nSPS) is 9.83. The Kier molecular flexibility index (Phi) is 8.71. The number of amides is 1. The molecule has 0 atom stereocenters. The molecule has 0 aliphatic heterocycles. The highest BCUT2D eigenvalue weighted by Gasteiger charge is 1.98. The van der Waals surface area contributed by atoms with Crippen LogP contribution in [0.5, 0.6) is 0 Å². The molecule has 0 saturated carbocycles. The van der Waals surface area contributed by atoms with Crippen molar-refractivity contribution in [2.75, 3.05) is 25.2 Å². The minimum absolute atomic E-state index is 0.0464. The topological polar surface area (TPSA) is 49.3 Å². The van der Waals surface area contributed by atoms with E-state index >= 15 is 0 Å². The number of carbonyl (C=O) groups is 1. The second kappa shape index (κ2) is 8.87. The van der Waals surface area contributed by atoms with Gasteiger partial charge in [-0.05, 0) is 24.9 Å². The lowest BCUT2D eigenvalue weighted by atomic mass is 10.3. The molecule has 0 radical (unpaired) electrons. The van der Waals surface area contributed by atoms with Gasteiger partial charge in [0.15, 0.2) is 0 Å². The van der Waals surface area contributed by atoms with E-state index in [-0.39, 0.29) is 12.5 Å². The fourth-order valence-corrected chi connectivity index (χ4v) is 1.21. The predicted molar refractivity (Wildman–Crippen MR) is 52.3 cm³/mol. The molecule has 0 aliphatic carbocycles. The molecule has 0 aromatic rings. The smallest absolute Gasteiger partial charge is 0.220 e. The van der Waals surface area contributed by atoms with E-state index in [1.54, 1.807) is 11.8 Å². The maximum atomic E-state index is 10.9. The van der Waals surface area contributed by atoms with Crippen LogP contribution in [-0.2, 0) is 4.79 Å². The lowest BCUT2D eigenvalue weighted by molar-refractivity contribution is -0.121. The Morgan fingerprint density at radius 3 is 2.83 bits per heavy atom. The number of hydrogen-bond donors (Lipinski definition) is 2. The SMILES string of the molecule is CSCCCNC(=O)CCCO. The van der Waals surface area contributed by atoms with Crippen LogP contribution in [0.2, 0.25) is 0 Å². The monoisotopic (exact) mass is 191 g/mol. The fraction of sp³-hybridized carbons (Fsp3) is 0.875. The number of hydrogen-bond acceptors (Lipinski definition) is 3. The van der Waals surface area contributed by atoms with Crippen molar-refractivity contribution in [2.45, 2.75) is 19.3 Å². The molecule has 0 rings (SSSR count). The van der Waals surface area contributed by atoms with Crippen LogP contribution in [0.15, 0.2) is 0 Å². The summed E-state index contributed by atoms with van der Waals surface area (Å²) < 4.78 is 0. The van der Waals surface area contributed by atoms with E-state index < -0.39 is 0 Å². The van der Waals surface area contributed by atoms with Gasteiger partial charge in [-0.1, -0.05) is 0 Å². The molecule has 0 fully saturated rings. The summed E-state index contributed by atoms with van der Waals surface area (Å²) in [6.45, 7) is 0.851. The fourth-order valence-electron chi connectivity index (χ4n) is 0.772. The van der Waals surface area contributed by atoms with Gasteiger partial charge >= 0.3 is 0 Å². The summed E-state index contributed by atoms with van der Waals surface area (Å²) in [7, 11) is 0. The molecule has 0 unspecified atom stereocenters. The van der Waals surface area contributed by atoms with Gasteiger partial charge in [-0.25, -0.2) is 0 Å². The van der Waals surface area contributed by atoms with Crippen LogP contribution in [0, 0.1) is 0 Å². The van der Waals surface area contributed by atoms with Gasteiger partial charge in [0.25, 0.3) is 0 Å². The third-order valence-corrected chi connectivity index (χ3v) is 2.11. The summed E-state index contributed by atoms with van der Waals surface area (Å²) in [6, 6.07) is 0. The molecule has 0 bridgehead atoms. The van der Waals surface area contributed by atoms with Gasteiger partial charge < -0.3 is 10.4 Å². The van der Waals surface area contributed by atoms with E-state index in [0.717, 1.165) is 18.7 Å². The minimum atomic E-state index is 0.0464. The number of aliphatic hydroxyl groups is 1. The summed E-state index contributed by atoms with van der Waals surface area (Å²) >= 11 is 1.78. The highest BCUT2D eigenvalue weighted by atomic mass is 32.2. The first kappa shape index (κ1) is 11.8. The molecule has 0 aromatic carbocycles. The van der Waals surface area contributed by atoms with E-state index in [2.05, 4.69) is 5.32 Å². The van der Waals surface area contributed by atoms with Gasteiger partial charge in [0.05, 0.1) is 0 Å². The van der Waals surface area contributed by atoms with Crippen molar-refractivity contribution in [1.29, 1.82) is 0 Å². The molecule has 4 heteroatoms. The Morgan fingerprint density at radius 1 is 1.50 bits per heavy atom. The molecule has 0 aliphatic rings. The molecule has 0 saturated heterocycles. The highest BCUT2D eigenvalue weighted by Crippen LogP contribution is 1.94. The Morgan fingerprint density at radius 2 is 2.25 bits per heavy atom. The lowest BCUT2D eigenvalue weighted by Gasteiger charge is -2.02. The zero-order valence-electron chi connectivity index (χ0n) is 7.51. The first-order valence-corrected chi connectivity index (χ1v) is 5.57. The van der Waals surface area contributed by atoms with Gasteiger partial charge in [0.1, 0.15) is 0 Å². The molecule has 1 amide bonds. The third kappa shape index (κ3) is 7.88. The molecule has 72 valence electrons. The van der Waals surface area contributed by atoms with Crippen LogP contribution in [0.1, 0.15) is 19.3 Å². The molecule has 12 heavy (non-hydrogen) atoms. The van der Waals surface area contributed by atoms with Crippen LogP contribution in [0.3, 0.4) is 0 Å². The zero-order valence-corrected chi connectivity index (χ0v) is 8.32. The average Bonchev–Trinajstić information content (AvgIpc) is 2.09. The van der Waals surface area contributed by atoms with Crippen LogP contribution in [-0.4, -0.2) is 36.2 Å². The van der Waals surface area contributed by atoms with Crippen molar-refractivity contribution in [3.8, 4) is 0 Å². The summed E-state index contributed by atoms with van der Waals surface area (Å²) in [5.41, 5.74) is 0. The van der Waals surface area contributed by atoms with E-state index in [9.17, 15) is 4.79 Å². The molecular weight excluding hydrogens is 174 g/mol. The highest BCUT2D eigenvalue weighted by molar-refractivity contribution is 7.98. The second-order valence-corrected chi connectivity index (χ2v) is 3.51. The molecule has 3 nitrogen and oxygen atoms in total. The number of thioether (sulfide) groups is 1. The summed E-state index contributed by atoms with van der Waals surface area (Å²) in [4.78, 5) is 10.9.